The molecule has 3 rings (SSSR count). The maximum Gasteiger partial charge on any atom is 0.257 e. The average Bonchev–Trinajstić information content (AvgIpc) is 2.98. The highest BCUT2D eigenvalue weighted by Gasteiger charge is 2.10. The van der Waals surface area contributed by atoms with E-state index in [4.69, 9.17) is 4.42 Å². The fourth-order valence-corrected chi connectivity index (χ4v) is 2.58. The molecule has 0 bridgehead atoms. The summed E-state index contributed by atoms with van der Waals surface area (Å²) in [6.45, 7) is 2.03. The highest BCUT2D eigenvalue weighted by atomic mass is 32.1. The zero-order valence-corrected chi connectivity index (χ0v) is 11.1. The molecule has 3 nitrogen and oxygen atoms in total. The number of thiophene rings is 1. The Morgan fingerprint density at radius 2 is 2.11 bits per heavy atom. The summed E-state index contributed by atoms with van der Waals surface area (Å²) >= 11 is 1.61. The van der Waals surface area contributed by atoms with Gasteiger partial charge in [-0.2, -0.15) is 0 Å². The highest BCUT2D eigenvalue weighted by molar-refractivity contribution is 7.15. The van der Waals surface area contributed by atoms with Crippen molar-refractivity contribution in [2.75, 3.05) is 0 Å². The van der Waals surface area contributed by atoms with Crippen molar-refractivity contribution in [1.82, 2.24) is 10.2 Å². The van der Waals surface area contributed by atoms with Crippen LogP contribution in [0.25, 0.3) is 10.8 Å². The van der Waals surface area contributed by atoms with Crippen molar-refractivity contribution in [2.45, 2.75) is 13.3 Å². The Labute approximate surface area is 113 Å². The first kappa shape index (κ1) is 12.0. The van der Waals surface area contributed by atoms with Crippen LogP contribution in [0.4, 0.5) is 4.39 Å². The molecule has 0 atom stereocenters. The third-order valence-corrected chi connectivity index (χ3v) is 3.65. The van der Waals surface area contributed by atoms with Gasteiger partial charge in [0.2, 0.25) is 5.89 Å². The number of benzene rings is 1. The van der Waals surface area contributed by atoms with Gasteiger partial charge in [-0.05, 0) is 36.8 Å². The van der Waals surface area contributed by atoms with Crippen LogP contribution in [-0.2, 0) is 6.42 Å². The molecule has 0 spiro atoms. The van der Waals surface area contributed by atoms with Gasteiger partial charge in [-0.15, -0.1) is 21.5 Å². The monoisotopic (exact) mass is 274 g/mol. The van der Waals surface area contributed by atoms with Gasteiger partial charge >= 0.3 is 0 Å². The van der Waals surface area contributed by atoms with Crippen molar-refractivity contribution in [2.24, 2.45) is 0 Å². The molecule has 0 aliphatic rings. The number of nitrogens with zero attached hydrogens (tertiary/aromatic N) is 2. The van der Waals surface area contributed by atoms with Crippen LogP contribution >= 0.6 is 11.3 Å². The van der Waals surface area contributed by atoms with Crippen LogP contribution in [0.1, 0.15) is 16.3 Å². The maximum absolute atomic E-state index is 13.1. The molecule has 0 aliphatic heterocycles. The van der Waals surface area contributed by atoms with Crippen LogP contribution in [-0.4, -0.2) is 10.2 Å². The molecule has 0 saturated heterocycles. The Bertz CT molecular complexity index is 705. The summed E-state index contributed by atoms with van der Waals surface area (Å²) in [5, 5.41) is 8.01. The molecule has 2 aromatic heterocycles. The molecular weight excluding hydrogens is 263 g/mol. The second-order valence-electron chi connectivity index (χ2n) is 4.22. The van der Waals surface area contributed by atoms with E-state index >= 15 is 0 Å². The van der Waals surface area contributed by atoms with Crippen molar-refractivity contribution in [3.63, 3.8) is 0 Å². The highest BCUT2D eigenvalue weighted by Crippen LogP contribution is 2.26. The summed E-state index contributed by atoms with van der Waals surface area (Å²) in [6, 6.07) is 10.4. The summed E-state index contributed by atoms with van der Waals surface area (Å²) in [4.78, 5) is 2.15. The van der Waals surface area contributed by atoms with Gasteiger partial charge in [0.1, 0.15) is 5.82 Å². The Hall–Kier alpha value is -2.01. The van der Waals surface area contributed by atoms with Crippen LogP contribution in [0.3, 0.4) is 0 Å². The van der Waals surface area contributed by atoms with Crippen LogP contribution in [0.5, 0.6) is 0 Å². The lowest BCUT2D eigenvalue weighted by atomic mass is 10.1. The lowest BCUT2D eigenvalue weighted by Gasteiger charge is -1.96. The molecule has 0 N–H and O–H groups in total. The number of hydrogen-bond acceptors (Lipinski definition) is 4. The number of halogens is 1. The molecule has 0 unspecified atom stereocenters. The molecule has 5 heteroatoms. The molecule has 0 aliphatic carbocycles. The maximum atomic E-state index is 13.1. The number of hydrogen-bond donors (Lipinski definition) is 0. The minimum atomic E-state index is -0.258. The Morgan fingerprint density at radius 3 is 2.84 bits per heavy atom. The van der Waals surface area contributed by atoms with E-state index in [1.807, 2.05) is 25.1 Å². The van der Waals surface area contributed by atoms with Gasteiger partial charge in [-0.3, -0.25) is 0 Å². The topological polar surface area (TPSA) is 38.9 Å². The SMILES string of the molecule is Cc1ccc(-c2nnc(Cc3cccc(F)c3)o2)s1. The predicted molar refractivity (Wildman–Crippen MR) is 71.6 cm³/mol. The summed E-state index contributed by atoms with van der Waals surface area (Å²) in [5.41, 5.74) is 0.817. The molecule has 3 aromatic rings. The van der Waals surface area contributed by atoms with Crippen molar-refractivity contribution >= 4 is 11.3 Å². The van der Waals surface area contributed by atoms with E-state index < -0.39 is 0 Å². The summed E-state index contributed by atoms with van der Waals surface area (Å²) in [7, 11) is 0. The van der Waals surface area contributed by atoms with E-state index in [1.165, 1.54) is 17.0 Å². The number of aromatic nitrogens is 2. The van der Waals surface area contributed by atoms with Gasteiger partial charge in [0.15, 0.2) is 0 Å². The quantitative estimate of drug-likeness (QED) is 0.728. The van der Waals surface area contributed by atoms with Gasteiger partial charge in [-0.1, -0.05) is 12.1 Å². The number of aryl methyl sites for hydroxylation is 1. The molecule has 2 heterocycles. The van der Waals surface area contributed by atoms with Gasteiger partial charge in [0, 0.05) is 4.88 Å². The van der Waals surface area contributed by atoms with Crippen LogP contribution in [0, 0.1) is 12.7 Å². The molecule has 96 valence electrons. The average molecular weight is 274 g/mol. The fraction of sp³-hybridized carbons (Fsp3) is 0.143. The Balaban J connectivity index is 1.82. The van der Waals surface area contributed by atoms with E-state index in [0.29, 0.717) is 18.2 Å². The first-order valence-electron chi connectivity index (χ1n) is 5.84. The van der Waals surface area contributed by atoms with Crippen LogP contribution in [0.15, 0.2) is 40.8 Å². The van der Waals surface area contributed by atoms with Crippen molar-refractivity contribution < 1.29 is 8.81 Å². The molecule has 1 aromatic carbocycles. The van der Waals surface area contributed by atoms with Gasteiger partial charge in [0.05, 0.1) is 11.3 Å². The molecule has 0 radical (unpaired) electrons. The summed E-state index contributed by atoms with van der Waals surface area (Å²) < 4.78 is 18.7. The molecule has 0 amide bonds. The zero-order valence-electron chi connectivity index (χ0n) is 10.3. The molecule has 0 fully saturated rings. The summed E-state index contributed by atoms with van der Waals surface area (Å²) in [5.74, 6) is 0.752. The Kier molecular flexibility index (Phi) is 3.13. The second kappa shape index (κ2) is 4.93. The fourth-order valence-electron chi connectivity index (χ4n) is 1.80. The van der Waals surface area contributed by atoms with Crippen molar-refractivity contribution in [3.05, 3.63) is 58.5 Å². The minimum Gasteiger partial charge on any atom is -0.420 e. The van der Waals surface area contributed by atoms with E-state index in [0.717, 1.165) is 10.4 Å². The third-order valence-electron chi connectivity index (χ3n) is 2.66. The standard InChI is InChI=1S/C14H11FN2OS/c1-9-5-6-12(19-9)14-17-16-13(18-14)8-10-3-2-4-11(15)7-10/h2-7H,8H2,1H3. The van der Waals surface area contributed by atoms with Crippen molar-refractivity contribution in [1.29, 1.82) is 0 Å². The largest absolute Gasteiger partial charge is 0.420 e. The lowest BCUT2D eigenvalue weighted by Crippen LogP contribution is -1.89. The van der Waals surface area contributed by atoms with Gasteiger partial charge in [0.25, 0.3) is 5.89 Å². The second-order valence-corrected chi connectivity index (χ2v) is 5.51. The zero-order chi connectivity index (χ0) is 13.2. The molecule has 0 saturated carbocycles. The van der Waals surface area contributed by atoms with E-state index in [2.05, 4.69) is 10.2 Å². The minimum absolute atomic E-state index is 0.258. The smallest absolute Gasteiger partial charge is 0.257 e. The Morgan fingerprint density at radius 1 is 1.21 bits per heavy atom. The van der Waals surface area contributed by atoms with Gasteiger partial charge < -0.3 is 4.42 Å². The van der Waals surface area contributed by atoms with Crippen molar-refractivity contribution in [3.8, 4) is 10.8 Å². The molecular formula is C14H11FN2OS. The van der Waals surface area contributed by atoms with Crippen LogP contribution < -0.4 is 0 Å². The van der Waals surface area contributed by atoms with E-state index in [-0.39, 0.29) is 5.82 Å². The normalized spacial score (nSPS) is 10.8. The third kappa shape index (κ3) is 2.71. The number of rotatable bonds is 3. The summed E-state index contributed by atoms with van der Waals surface area (Å²) in [6.07, 6.45) is 0.440. The van der Waals surface area contributed by atoms with Crippen LogP contribution in [0.2, 0.25) is 0 Å². The van der Waals surface area contributed by atoms with E-state index in [9.17, 15) is 4.39 Å². The molecule has 19 heavy (non-hydrogen) atoms. The predicted octanol–water partition coefficient (Wildman–Crippen LogP) is 3.84. The van der Waals surface area contributed by atoms with Gasteiger partial charge in [-0.25, -0.2) is 4.39 Å². The van der Waals surface area contributed by atoms with E-state index in [1.54, 1.807) is 17.4 Å². The lowest BCUT2D eigenvalue weighted by molar-refractivity contribution is 0.518. The first-order valence-corrected chi connectivity index (χ1v) is 6.66. The first-order chi connectivity index (χ1) is 9.20.